The monoisotopic (exact) mass is 293 g/mol. The van der Waals surface area contributed by atoms with E-state index in [1.165, 1.54) is 11.4 Å². The molecule has 0 aliphatic carbocycles. The first-order valence-electron chi connectivity index (χ1n) is 6.22. The number of carboxylic acids is 1. The van der Waals surface area contributed by atoms with Crippen LogP contribution in [0.2, 0.25) is 0 Å². The van der Waals surface area contributed by atoms with Crippen LogP contribution in [0, 0.1) is 13.8 Å². The van der Waals surface area contributed by atoms with Gasteiger partial charge in [0.05, 0.1) is 6.10 Å². The molecule has 3 N–H and O–H groups in total. The summed E-state index contributed by atoms with van der Waals surface area (Å²) >= 11 is 0. The Hall–Kier alpha value is -2.55. The zero-order valence-electron chi connectivity index (χ0n) is 11.7. The summed E-state index contributed by atoms with van der Waals surface area (Å²) < 4.78 is 1.39. The third-order valence-electron chi connectivity index (χ3n) is 2.86. The van der Waals surface area contributed by atoms with Crippen LogP contribution in [0.4, 0.5) is 0 Å². The first kappa shape index (κ1) is 14.9. The molecule has 0 aromatic carbocycles. The molecule has 0 spiro atoms. The molecule has 2 atom stereocenters. The number of carbonyl (C=O) groups is 2. The van der Waals surface area contributed by atoms with E-state index in [2.05, 4.69) is 20.4 Å². The van der Waals surface area contributed by atoms with Crippen molar-refractivity contribution in [2.75, 3.05) is 0 Å². The Labute approximate surface area is 119 Å². The molecule has 0 saturated carbocycles. The number of nitrogens with one attached hydrogen (secondary N) is 1. The second-order valence-corrected chi connectivity index (χ2v) is 4.72. The molecule has 2 aromatic rings. The maximum Gasteiger partial charge on any atom is 0.328 e. The van der Waals surface area contributed by atoms with E-state index >= 15 is 0 Å². The van der Waals surface area contributed by atoms with Gasteiger partial charge in [-0.25, -0.2) is 14.3 Å². The Morgan fingerprint density at radius 2 is 2.00 bits per heavy atom. The minimum atomic E-state index is -1.43. The third kappa shape index (κ3) is 2.97. The summed E-state index contributed by atoms with van der Waals surface area (Å²) in [7, 11) is 0. The first-order chi connectivity index (χ1) is 9.79. The Bertz CT molecular complexity index is 709. The fraction of sp³-hybridized carbons (Fsp3) is 0.417. The van der Waals surface area contributed by atoms with Crippen LogP contribution < -0.4 is 5.32 Å². The fourth-order valence-corrected chi connectivity index (χ4v) is 1.86. The number of nitrogens with zero attached hydrogens (tertiary/aromatic N) is 4. The van der Waals surface area contributed by atoms with E-state index in [4.69, 9.17) is 5.11 Å². The van der Waals surface area contributed by atoms with Crippen molar-refractivity contribution in [3.05, 3.63) is 23.3 Å². The van der Waals surface area contributed by atoms with E-state index < -0.39 is 24.0 Å². The van der Waals surface area contributed by atoms with Crippen molar-refractivity contribution in [2.24, 2.45) is 0 Å². The fourth-order valence-electron chi connectivity index (χ4n) is 1.86. The molecule has 2 rings (SSSR count). The van der Waals surface area contributed by atoms with E-state index in [1.54, 1.807) is 19.9 Å². The number of aliphatic hydroxyl groups excluding tert-OH is 1. The van der Waals surface area contributed by atoms with Crippen LogP contribution in [0.25, 0.3) is 5.78 Å². The van der Waals surface area contributed by atoms with Crippen LogP contribution in [-0.4, -0.2) is 53.8 Å². The van der Waals surface area contributed by atoms with Crippen molar-refractivity contribution in [1.82, 2.24) is 24.9 Å². The lowest BCUT2D eigenvalue weighted by Gasteiger charge is -2.15. The van der Waals surface area contributed by atoms with Gasteiger partial charge in [-0.2, -0.15) is 4.98 Å². The van der Waals surface area contributed by atoms with Crippen molar-refractivity contribution < 1.29 is 19.8 Å². The molecule has 0 saturated heterocycles. The average molecular weight is 293 g/mol. The molecular weight excluding hydrogens is 278 g/mol. The molecule has 0 aliphatic heterocycles. The third-order valence-corrected chi connectivity index (χ3v) is 2.86. The molecule has 21 heavy (non-hydrogen) atoms. The zero-order valence-corrected chi connectivity index (χ0v) is 11.7. The van der Waals surface area contributed by atoms with E-state index in [0.29, 0.717) is 0 Å². The topological polar surface area (TPSA) is 130 Å². The van der Waals surface area contributed by atoms with Crippen LogP contribution in [0.15, 0.2) is 6.07 Å². The number of carbonyl (C=O) groups excluding carboxylic acids is 1. The highest BCUT2D eigenvalue weighted by Crippen LogP contribution is 2.06. The van der Waals surface area contributed by atoms with Gasteiger partial charge in [0, 0.05) is 11.4 Å². The largest absolute Gasteiger partial charge is 0.480 e. The molecule has 2 unspecified atom stereocenters. The van der Waals surface area contributed by atoms with Crippen LogP contribution in [0.5, 0.6) is 0 Å². The van der Waals surface area contributed by atoms with E-state index in [0.717, 1.165) is 11.4 Å². The van der Waals surface area contributed by atoms with Crippen molar-refractivity contribution in [3.63, 3.8) is 0 Å². The van der Waals surface area contributed by atoms with Gasteiger partial charge in [0.25, 0.3) is 11.7 Å². The maximum absolute atomic E-state index is 12.0. The van der Waals surface area contributed by atoms with Gasteiger partial charge in [-0.1, -0.05) is 0 Å². The smallest absolute Gasteiger partial charge is 0.328 e. The number of carboxylic acid groups (broad SMARTS) is 1. The van der Waals surface area contributed by atoms with Gasteiger partial charge in [-0.05, 0) is 26.8 Å². The van der Waals surface area contributed by atoms with Gasteiger partial charge in [-0.15, -0.1) is 5.10 Å². The van der Waals surface area contributed by atoms with Crippen molar-refractivity contribution in [2.45, 2.75) is 32.9 Å². The molecule has 0 aliphatic rings. The Morgan fingerprint density at radius 3 is 2.57 bits per heavy atom. The van der Waals surface area contributed by atoms with Crippen molar-refractivity contribution in [1.29, 1.82) is 0 Å². The molecule has 9 nitrogen and oxygen atoms in total. The molecular formula is C12H15N5O4. The van der Waals surface area contributed by atoms with Crippen LogP contribution in [-0.2, 0) is 4.79 Å². The Balaban J connectivity index is 2.31. The summed E-state index contributed by atoms with van der Waals surface area (Å²) in [6.45, 7) is 4.84. The van der Waals surface area contributed by atoms with Gasteiger partial charge in [-0.3, -0.25) is 4.79 Å². The van der Waals surface area contributed by atoms with E-state index in [1.807, 2.05) is 0 Å². The Morgan fingerprint density at radius 1 is 1.33 bits per heavy atom. The number of hydrogen-bond acceptors (Lipinski definition) is 6. The SMILES string of the molecule is Cc1cc(C)n2nc(C(=O)NC(C(=O)O)C(C)O)nc2n1. The van der Waals surface area contributed by atoms with Gasteiger partial charge >= 0.3 is 5.97 Å². The summed E-state index contributed by atoms with van der Waals surface area (Å²) in [6.07, 6.45) is -1.24. The zero-order chi connectivity index (χ0) is 15.7. The highest BCUT2D eigenvalue weighted by Gasteiger charge is 2.27. The average Bonchev–Trinajstić information content (AvgIpc) is 2.78. The highest BCUT2D eigenvalue weighted by molar-refractivity contribution is 5.93. The van der Waals surface area contributed by atoms with Crippen LogP contribution in [0.3, 0.4) is 0 Å². The summed E-state index contributed by atoms with van der Waals surface area (Å²) in [5.74, 6) is -2.08. The number of aromatic nitrogens is 4. The molecule has 2 heterocycles. The second-order valence-electron chi connectivity index (χ2n) is 4.72. The van der Waals surface area contributed by atoms with E-state index in [9.17, 15) is 14.7 Å². The summed E-state index contributed by atoms with van der Waals surface area (Å²) in [6, 6.07) is 0.346. The van der Waals surface area contributed by atoms with Gasteiger partial charge in [0.1, 0.15) is 0 Å². The number of aliphatic hydroxyl groups is 1. The summed E-state index contributed by atoms with van der Waals surface area (Å²) in [5.41, 5.74) is 1.47. The molecule has 112 valence electrons. The minimum Gasteiger partial charge on any atom is -0.480 e. The lowest BCUT2D eigenvalue weighted by atomic mass is 10.2. The molecule has 0 fully saturated rings. The predicted octanol–water partition coefficient (Wildman–Crippen LogP) is -0.695. The minimum absolute atomic E-state index is 0.205. The number of fused-ring (bicyclic) bond motifs is 1. The first-order valence-corrected chi connectivity index (χ1v) is 6.22. The van der Waals surface area contributed by atoms with Gasteiger partial charge in [0.2, 0.25) is 5.82 Å². The number of aryl methyl sites for hydroxylation is 2. The standard InChI is InChI=1S/C12H15N5O4/c1-5-4-6(2)17-12(13-5)15-9(16-17)10(19)14-8(7(3)18)11(20)21/h4,7-8,18H,1-3H3,(H,14,19)(H,20,21). The van der Waals surface area contributed by atoms with Crippen molar-refractivity contribution in [3.8, 4) is 0 Å². The van der Waals surface area contributed by atoms with Crippen molar-refractivity contribution >= 4 is 17.7 Å². The second kappa shape index (κ2) is 5.44. The van der Waals surface area contributed by atoms with Crippen LogP contribution in [0.1, 0.15) is 28.9 Å². The summed E-state index contributed by atoms with van der Waals surface area (Å²) in [4.78, 5) is 31.0. The van der Waals surface area contributed by atoms with E-state index in [-0.39, 0.29) is 11.6 Å². The molecule has 1 amide bonds. The predicted molar refractivity (Wildman–Crippen MR) is 70.8 cm³/mol. The summed E-state index contributed by atoms with van der Waals surface area (Å²) in [5, 5.41) is 24.4. The number of aliphatic carboxylic acids is 1. The number of hydrogen-bond donors (Lipinski definition) is 3. The normalized spacial score (nSPS) is 13.9. The highest BCUT2D eigenvalue weighted by atomic mass is 16.4. The maximum atomic E-state index is 12.0. The van der Waals surface area contributed by atoms with Crippen LogP contribution >= 0.6 is 0 Å². The molecule has 2 aromatic heterocycles. The van der Waals surface area contributed by atoms with Gasteiger partial charge < -0.3 is 15.5 Å². The van der Waals surface area contributed by atoms with Gasteiger partial charge in [0.15, 0.2) is 6.04 Å². The molecule has 9 heteroatoms. The Kier molecular flexibility index (Phi) is 3.85. The lowest BCUT2D eigenvalue weighted by molar-refractivity contribution is -0.141. The lowest BCUT2D eigenvalue weighted by Crippen LogP contribution is -2.47. The molecule has 0 bridgehead atoms. The molecule has 0 radical (unpaired) electrons. The quantitative estimate of drug-likeness (QED) is 0.679. The number of amides is 1. The number of rotatable bonds is 4.